The maximum atomic E-state index is 13.3. The first-order valence-corrected chi connectivity index (χ1v) is 9.24. The zero-order chi connectivity index (χ0) is 20.6. The molecule has 3 nitrogen and oxygen atoms in total. The Bertz CT molecular complexity index is 708. The highest BCUT2D eigenvalue weighted by Gasteiger charge is 2.49. The van der Waals surface area contributed by atoms with Gasteiger partial charge in [-0.1, -0.05) is 32.6 Å². The first-order chi connectivity index (χ1) is 13.3. The van der Waals surface area contributed by atoms with E-state index in [1.807, 2.05) is 0 Å². The van der Waals surface area contributed by atoms with Crippen molar-refractivity contribution in [2.75, 3.05) is 0 Å². The van der Waals surface area contributed by atoms with Gasteiger partial charge in [-0.3, -0.25) is 0 Å². The molecule has 1 unspecified atom stereocenters. The van der Waals surface area contributed by atoms with E-state index in [9.17, 15) is 22.0 Å². The molecule has 1 heterocycles. The first kappa shape index (κ1) is 22.0. The van der Waals surface area contributed by atoms with Gasteiger partial charge < -0.3 is 4.74 Å². The summed E-state index contributed by atoms with van der Waals surface area (Å²) in [6.07, 6.45) is -1.97. The van der Waals surface area contributed by atoms with E-state index in [4.69, 9.17) is 0 Å². The van der Waals surface area contributed by atoms with E-state index in [0.29, 0.717) is 11.4 Å². The van der Waals surface area contributed by atoms with Crippen LogP contribution in [-0.2, 0) is 6.42 Å². The summed E-state index contributed by atoms with van der Waals surface area (Å²) in [6, 6.07) is 5.07. The van der Waals surface area contributed by atoms with E-state index in [-0.39, 0.29) is 0 Å². The molecule has 8 heteroatoms. The van der Waals surface area contributed by atoms with Crippen LogP contribution in [0, 0.1) is 0 Å². The van der Waals surface area contributed by atoms with Gasteiger partial charge in [0, 0.05) is 18.0 Å². The van der Waals surface area contributed by atoms with E-state index in [1.165, 1.54) is 31.4 Å². The summed E-state index contributed by atoms with van der Waals surface area (Å²) in [5, 5.41) is 0. The van der Waals surface area contributed by atoms with Crippen molar-refractivity contribution in [3.05, 3.63) is 42.2 Å². The van der Waals surface area contributed by atoms with Crippen molar-refractivity contribution in [3.63, 3.8) is 0 Å². The van der Waals surface area contributed by atoms with Crippen LogP contribution in [0.25, 0.3) is 11.4 Å². The number of unbranched alkanes of at least 4 members (excludes halogenated alkanes) is 4. The van der Waals surface area contributed by atoms with Crippen LogP contribution in [0.1, 0.15) is 44.6 Å². The molecular weight excluding hydrogens is 379 g/mol. The van der Waals surface area contributed by atoms with Crippen LogP contribution < -0.4 is 4.74 Å². The van der Waals surface area contributed by atoms with Crippen molar-refractivity contribution in [1.29, 1.82) is 0 Å². The van der Waals surface area contributed by atoms with Crippen molar-refractivity contribution in [3.8, 4) is 17.1 Å². The van der Waals surface area contributed by atoms with Crippen molar-refractivity contribution < 1.29 is 26.7 Å². The Morgan fingerprint density at radius 2 is 1.54 bits per heavy atom. The zero-order valence-electron chi connectivity index (χ0n) is 15.6. The molecule has 2 aromatic rings. The maximum absolute atomic E-state index is 13.3. The van der Waals surface area contributed by atoms with Crippen LogP contribution in [0.5, 0.6) is 5.75 Å². The molecule has 2 rings (SSSR count). The van der Waals surface area contributed by atoms with Crippen LogP contribution in [0.2, 0.25) is 0 Å². The van der Waals surface area contributed by atoms with Crippen molar-refractivity contribution in [1.82, 2.24) is 9.97 Å². The second kappa shape index (κ2) is 10.3. The Kier molecular flexibility index (Phi) is 8.14. The number of aromatic nitrogens is 2. The molecule has 0 amide bonds. The van der Waals surface area contributed by atoms with Gasteiger partial charge in [-0.05, 0) is 42.7 Å². The summed E-state index contributed by atoms with van der Waals surface area (Å²) in [5.41, 5.74) is 1.55. The highest BCUT2D eigenvalue weighted by Crippen LogP contribution is 2.30. The summed E-state index contributed by atoms with van der Waals surface area (Å²) in [7, 11) is 0. The molecule has 0 saturated heterocycles. The number of hydrogen-bond acceptors (Lipinski definition) is 3. The van der Waals surface area contributed by atoms with Gasteiger partial charge in [0.25, 0.3) is 12.6 Å². The van der Waals surface area contributed by atoms with Gasteiger partial charge in [0.2, 0.25) is 0 Å². The Morgan fingerprint density at radius 3 is 2.11 bits per heavy atom. The maximum Gasteiger partial charge on any atom is 0.435 e. The number of rotatable bonds is 11. The van der Waals surface area contributed by atoms with Gasteiger partial charge in [-0.25, -0.2) is 23.1 Å². The number of hydrogen-bond donors (Lipinski definition) is 0. The highest BCUT2D eigenvalue weighted by atomic mass is 19.3. The molecule has 1 aromatic heterocycles. The molecule has 0 saturated carbocycles. The highest BCUT2D eigenvalue weighted by molar-refractivity contribution is 5.55. The molecule has 0 aliphatic heterocycles. The number of alkyl halides is 5. The Labute approximate surface area is 161 Å². The smallest absolute Gasteiger partial charge is 0.430 e. The lowest BCUT2D eigenvalue weighted by Gasteiger charge is -2.20. The molecule has 1 aromatic carbocycles. The molecule has 0 radical (unpaired) electrons. The number of nitrogens with zero attached hydrogens (tertiary/aromatic N) is 2. The van der Waals surface area contributed by atoms with Gasteiger partial charge >= 0.3 is 6.11 Å². The summed E-state index contributed by atoms with van der Waals surface area (Å²) >= 11 is 0. The van der Waals surface area contributed by atoms with Crippen molar-refractivity contribution >= 4 is 0 Å². The fourth-order valence-corrected chi connectivity index (χ4v) is 2.60. The minimum absolute atomic E-state index is 0.393. The van der Waals surface area contributed by atoms with Gasteiger partial charge in [0.05, 0.1) is 0 Å². The molecule has 0 aliphatic carbocycles. The van der Waals surface area contributed by atoms with Crippen LogP contribution in [0.4, 0.5) is 22.0 Å². The molecular formula is C20H23F5N2O. The number of halogens is 5. The van der Waals surface area contributed by atoms with E-state index in [0.717, 1.165) is 37.0 Å². The fraction of sp³-hybridized carbons (Fsp3) is 0.500. The van der Waals surface area contributed by atoms with Gasteiger partial charge in [0.15, 0.2) is 5.82 Å². The molecule has 0 N–H and O–H groups in total. The molecule has 28 heavy (non-hydrogen) atoms. The third-order valence-electron chi connectivity index (χ3n) is 4.18. The summed E-state index contributed by atoms with van der Waals surface area (Å²) in [4.78, 5) is 8.52. The summed E-state index contributed by atoms with van der Waals surface area (Å²) in [6.45, 7) is 2.16. The Hall–Kier alpha value is -2.25. The molecule has 0 bridgehead atoms. The van der Waals surface area contributed by atoms with E-state index in [2.05, 4.69) is 21.6 Å². The fourth-order valence-electron chi connectivity index (χ4n) is 2.60. The lowest BCUT2D eigenvalue weighted by Crippen LogP contribution is -2.40. The largest absolute Gasteiger partial charge is 0.435 e. The normalized spacial score (nSPS) is 13.0. The van der Waals surface area contributed by atoms with Crippen LogP contribution >= 0.6 is 0 Å². The standard InChI is InChI=1S/C20H23F5N2O/c1-2-3-4-5-6-7-14-12-26-19(27-13-14)15-8-10-16(11-9-15)28-20(24,25)17(21)18(22)23/h8-13,17-18H,2-7H2,1H3. The molecule has 154 valence electrons. The summed E-state index contributed by atoms with van der Waals surface area (Å²) < 4.78 is 67.8. The van der Waals surface area contributed by atoms with Gasteiger partial charge in [-0.2, -0.15) is 8.78 Å². The SMILES string of the molecule is CCCCCCCc1cnc(-c2ccc(OC(F)(F)C(F)C(F)F)cc2)nc1. The number of ether oxygens (including phenoxy) is 1. The van der Waals surface area contributed by atoms with Crippen molar-refractivity contribution in [2.45, 2.75) is 64.2 Å². The lowest BCUT2D eigenvalue weighted by molar-refractivity contribution is -0.244. The first-order valence-electron chi connectivity index (χ1n) is 9.24. The zero-order valence-corrected chi connectivity index (χ0v) is 15.6. The second-order valence-electron chi connectivity index (χ2n) is 6.50. The predicted octanol–water partition coefficient (Wildman–Crippen LogP) is 6.23. The lowest BCUT2D eigenvalue weighted by atomic mass is 10.1. The predicted molar refractivity (Wildman–Crippen MR) is 96.4 cm³/mol. The monoisotopic (exact) mass is 402 g/mol. The molecule has 0 spiro atoms. The number of benzene rings is 1. The van der Waals surface area contributed by atoms with Crippen LogP contribution in [0.15, 0.2) is 36.7 Å². The van der Waals surface area contributed by atoms with E-state index in [1.54, 1.807) is 12.4 Å². The van der Waals surface area contributed by atoms with Gasteiger partial charge in [-0.15, -0.1) is 0 Å². The van der Waals surface area contributed by atoms with Crippen LogP contribution in [-0.4, -0.2) is 28.7 Å². The average Bonchev–Trinajstić information content (AvgIpc) is 2.68. The summed E-state index contributed by atoms with van der Waals surface area (Å²) in [5.74, 6) is -0.0373. The molecule has 0 aliphatic rings. The molecule has 0 fully saturated rings. The van der Waals surface area contributed by atoms with Gasteiger partial charge in [0.1, 0.15) is 5.75 Å². The van der Waals surface area contributed by atoms with E-state index < -0.39 is 24.5 Å². The quantitative estimate of drug-likeness (QED) is 0.330. The minimum atomic E-state index is -4.62. The Balaban J connectivity index is 1.94. The minimum Gasteiger partial charge on any atom is -0.430 e. The van der Waals surface area contributed by atoms with E-state index >= 15 is 0 Å². The number of aryl methyl sites for hydroxylation is 1. The topological polar surface area (TPSA) is 35.0 Å². The van der Waals surface area contributed by atoms with Crippen molar-refractivity contribution in [2.24, 2.45) is 0 Å². The third kappa shape index (κ3) is 6.42. The molecule has 1 atom stereocenters. The second-order valence-corrected chi connectivity index (χ2v) is 6.50. The average molecular weight is 402 g/mol. The third-order valence-corrected chi connectivity index (χ3v) is 4.18. The van der Waals surface area contributed by atoms with Crippen LogP contribution in [0.3, 0.4) is 0 Å². The Morgan fingerprint density at radius 1 is 0.929 bits per heavy atom.